The highest BCUT2D eigenvalue weighted by atomic mass is 32.2. The first-order valence-corrected chi connectivity index (χ1v) is 8.47. The Morgan fingerprint density at radius 3 is 2.77 bits per heavy atom. The quantitative estimate of drug-likeness (QED) is 0.701. The van der Waals surface area contributed by atoms with Gasteiger partial charge in [0.2, 0.25) is 5.91 Å². The third kappa shape index (κ3) is 3.55. The number of nitrogens with zero attached hydrogens (tertiary/aromatic N) is 2. The van der Waals surface area contributed by atoms with E-state index in [4.69, 9.17) is 0 Å². The summed E-state index contributed by atoms with van der Waals surface area (Å²) in [4.78, 5) is 16.3. The molecule has 0 spiro atoms. The van der Waals surface area contributed by atoms with Crippen molar-refractivity contribution in [2.45, 2.75) is 17.3 Å². The van der Waals surface area contributed by atoms with Crippen LogP contribution in [0.2, 0.25) is 0 Å². The Morgan fingerprint density at radius 1 is 1.23 bits per heavy atom. The number of benzene rings is 1. The van der Waals surface area contributed by atoms with Crippen LogP contribution < -0.4 is 5.32 Å². The number of aromatic nitrogens is 3. The van der Waals surface area contributed by atoms with Crippen molar-refractivity contribution in [2.75, 3.05) is 5.32 Å². The second-order valence-electron chi connectivity index (χ2n) is 4.57. The van der Waals surface area contributed by atoms with Crippen LogP contribution in [0, 0.1) is 0 Å². The van der Waals surface area contributed by atoms with Crippen molar-refractivity contribution in [3.05, 3.63) is 47.8 Å². The van der Waals surface area contributed by atoms with Crippen LogP contribution >= 0.6 is 23.1 Å². The van der Waals surface area contributed by atoms with Gasteiger partial charge < -0.3 is 10.3 Å². The Balaban J connectivity index is 1.62. The van der Waals surface area contributed by atoms with Crippen LogP contribution in [-0.2, 0) is 4.79 Å². The molecule has 7 heteroatoms. The van der Waals surface area contributed by atoms with E-state index < -0.39 is 0 Å². The number of hydrogen-bond donors (Lipinski definition) is 2. The van der Waals surface area contributed by atoms with Gasteiger partial charge in [-0.05, 0) is 30.5 Å². The summed E-state index contributed by atoms with van der Waals surface area (Å²) < 4.78 is 0. The number of para-hydroxylation sites is 1. The third-order valence-corrected chi connectivity index (χ3v) is 4.77. The lowest BCUT2D eigenvalue weighted by Crippen LogP contribution is -2.22. The summed E-state index contributed by atoms with van der Waals surface area (Å²) in [5.74, 6) is 0.665. The number of aromatic amines is 1. The summed E-state index contributed by atoms with van der Waals surface area (Å²) in [6, 6.07) is 13.3. The molecule has 1 unspecified atom stereocenters. The van der Waals surface area contributed by atoms with Crippen molar-refractivity contribution in [3.63, 3.8) is 0 Å². The number of amides is 1. The highest BCUT2D eigenvalue weighted by Crippen LogP contribution is 2.25. The maximum atomic E-state index is 12.2. The average Bonchev–Trinajstić information content (AvgIpc) is 3.19. The van der Waals surface area contributed by atoms with E-state index in [-0.39, 0.29) is 11.2 Å². The summed E-state index contributed by atoms with van der Waals surface area (Å²) in [5, 5.41) is 13.4. The first-order chi connectivity index (χ1) is 10.7. The van der Waals surface area contributed by atoms with E-state index in [9.17, 15) is 4.79 Å². The minimum Gasteiger partial charge on any atom is -0.325 e. The average molecular weight is 330 g/mol. The molecule has 2 aromatic heterocycles. The number of rotatable bonds is 5. The van der Waals surface area contributed by atoms with Gasteiger partial charge in [-0.1, -0.05) is 36.0 Å². The van der Waals surface area contributed by atoms with Gasteiger partial charge in [-0.2, -0.15) is 0 Å². The van der Waals surface area contributed by atoms with E-state index in [1.807, 2.05) is 54.8 Å². The summed E-state index contributed by atoms with van der Waals surface area (Å²) in [7, 11) is 0. The summed E-state index contributed by atoms with van der Waals surface area (Å²) in [6.45, 7) is 1.84. The van der Waals surface area contributed by atoms with Crippen molar-refractivity contribution in [3.8, 4) is 10.7 Å². The highest BCUT2D eigenvalue weighted by Gasteiger charge is 2.17. The van der Waals surface area contributed by atoms with Crippen LogP contribution in [0.3, 0.4) is 0 Å². The second-order valence-corrected chi connectivity index (χ2v) is 6.85. The van der Waals surface area contributed by atoms with Crippen LogP contribution in [0.4, 0.5) is 5.69 Å². The van der Waals surface area contributed by atoms with Crippen molar-refractivity contribution in [2.24, 2.45) is 0 Å². The molecule has 3 aromatic rings. The molecule has 2 N–H and O–H groups in total. The van der Waals surface area contributed by atoms with E-state index in [2.05, 4.69) is 20.5 Å². The molecule has 112 valence electrons. The molecule has 1 aromatic carbocycles. The minimum absolute atomic E-state index is 0.0646. The lowest BCUT2D eigenvalue weighted by atomic mass is 10.3. The molecule has 0 saturated carbocycles. The number of thiophene rings is 1. The van der Waals surface area contributed by atoms with E-state index in [0.29, 0.717) is 5.16 Å². The largest absolute Gasteiger partial charge is 0.325 e. The summed E-state index contributed by atoms with van der Waals surface area (Å²) in [5.41, 5.74) is 0.789. The number of carbonyl (C=O) groups is 1. The van der Waals surface area contributed by atoms with Crippen molar-refractivity contribution >= 4 is 34.7 Å². The lowest BCUT2D eigenvalue weighted by molar-refractivity contribution is -0.115. The molecule has 0 radical (unpaired) electrons. The second kappa shape index (κ2) is 6.76. The molecule has 1 amide bonds. The van der Waals surface area contributed by atoms with Gasteiger partial charge in [0.1, 0.15) is 0 Å². The van der Waals surface area contributed by atoms with Gasteiger partial charge in [-0.3, -0.25) is 4.79 Å². The minimum atomic E-state index is -0.274. The molecule has 0 aliphatic rings. The normalized spacial score (nSPS) is 12.0. The zero-order valence-corrected chi connectivity index (χ0v) is 13.4. The highest BCUT2D eigenvalue weighted by molar-refractivity contribution is 8.00. The summed E-state index contributed by atoms with van der Waals surface area (Å²) in [6.07, 6.45) is 0. The third-order valence-electron chi connectivity index (χ3n) is 2.92. The number of thioether (sulfide) groups is 1. The van der Waals surface area contributed by atoms with Gasteiger partial charge >= 0.3 is 0 Å². The molecule has 0 fully saturated rings. The van der Waals surface area contributed by atoms with E-state index in [1.54, 1.807) is 11.3 Å². The van der Waals surface area contributed by atoms with Crippen molar-refractivity contribution in [1.82, 2.24) is 15.2 Å². The maximum Gasteiger partial charge on any atom is 0.237 e. The molecule has 22 heavy (non-hydrogen) atoms. The van der Waals surface area contributed by atoms with E-state index >= 15 is 0 Å². The smallest absolute Gasteiger partial charge is 0.237 e. The molecular formula is C15H14N4OS2. The number of nitrogens with one attached hydrogen (secondary N) is 2. The van der Waals surface area contributed by atoms with Gasteiger partial charge in [0, 0.05) is 5.69 Å². The van der Waals surface area contributed by atoms with Crippen molar-refractivity contribution < 1.29 is 4.79 Å². The predicted octanol–water partition coefficient (Wildman–Crippen LogP) is 3.65. The predicted molar refractivity (Wildman–Crippen MR) is 90.1 cm³/mol. The SMILES string of the molecule is CC(Sc1nnc(-c2cccs2)[nH]1)C(=O)Nc1ccccc1. The Bertz CT molecular complexity index is 740. The number of H-pyrrole nitrogens is 1. The molecule has 0 aliphatic carbocycles. The standard InChI is InChI=1S/C15H14N4OS2/c1-10(14(20)16-11-6-3-2-4-7-11)22-15-17-13(18-19-15)12-8-5-9-21-12/h2-10H,1H3,(H,16,20)(H,17,18,19). The lowest BCUT2D eigenvalue weighted by Gasteiger charge is -2.10. The monoisotopic (exact) mass is 330 g/mol. The fraction of sp³-hybridized carbons (Fsp3) is 0.133. The van der Waals surface area contributed by atoms with Gasteiger partial charge in [0.25, 0.3) is 0 Å². The van der Waals surface area contributed by atoms with Crippen LogP contribution in [0.1, 0.15) is 6.92 Å². The molecule has 1 atom stereocenters. The van der Waals surface area contributed by atoms with Gasteiger partial charge in [-0.15, -0.1) is 21.5 Å². The fourth-order valence-corrected chi connectivity index (χ4v) is 3.22. The molecule has 0 saturated heterocycles. The molecule has 3 rings (SSSR count). The molecular weight excluding hydrogens is 316 g/mol. The Hall–Kier alpha value is -2.12. The molecule has 5 nitrogen and oxygen atoms in total. The van der Waals surface area contributed by atoms with Crippen LogP contribution in [-0.4, -0.2) is 26.3 Å². The Morgan fingerprint density at radius 2 is 2.05 bits per heavy atom. The van der Waals surface area contributed by atoms with Crippen LogP contribution in [0.25, 0.3) is 10.7 Å². The number of anilines is 1. The number of carbonyl (C=O) groups excluding carboxylic acids is 1. The van der Waals surface area contributed by atoms with E-state index in [1.165, 1.54) is 11.8 Å². The molecule has 0 aliphatic heterocycles. The Labute approximate surface area is 136 Å². The zero-order valence-electron chi connectivity index (χ0n) is 11.8. The summed E-state index contributed by atoms with van der Waals surface area (Å²) >= 11 is 2.95. The van der Waals surface area contributed by atoms with Crippen LogP contribution in [0.5, 0.6) is 0 Å². The van der Waals surface area contributed by atoms with E-state index in [0.717, 1.165) is 16.4 Å². The van der Waals surface area contributed by atoms with Crippen LogP contribution in [0.15, 0.2) is 53.0 Å². The first-order valence-electron chi connectivity index (χ1n) is 6.71. The van der Waals surface area contributed by atoms with Gasteiger partial charge in [0.05, 0.1) is 10.1 Å². The Kier molecular flexibility index (Phi) is 4.55. The maximum absolute atomic E-state index is 12.2. The van der Waals surface area contributed by atoms with Gasteiger partial charge in [0.15, 0.2) is 11.0 Å². The zero-order chi connectivity index (χ0) is 15.4. The number of hydrogen-bond acceptors (Lipinski definition) is 5. The van der Waals surface area contributed by atoms with Gasteiger partial charge in [-0.25, -0.2) is 0 Å². The molecule has 2 heterocycles. The fourth-order valence-electron chi connectivity index (χ4n) is 1.81. The first kappa shape index (κ1) is 14.8. The molecule has 0 bridgehead atoms. The topological polar surface area (TPSA) is 70.7 Å². The van der Waals surface area contributed by atoms with Crippen molar-refractivity contribution in [1.29, 1.82) is 0 Å².